The Labute approximate surface area is 191 Å². The van der Waals surface area contributed by atoms with Crippen LogP contribution in [0.3, 0.4) is 0 Å². The molecule has 1 amide bonds. The maximum Gasteiger partial charge on any atom is 0.224 e. The first-order chi connectivity index (χ1) is 15.2. The normalized spacial score (nSPS) is 11.0. The summed E-state index contributed by atoms with van der Waals surface area (Å²) in [6.45, 7) is 2.28. The molecule has 0 fully saturated rings. The SMILES string of the molecule is CCCCCCCCCCCCCCCCCCCCCC(=O)Nc1ccccc1F. The van der Waals surface area contributed by atoms with E-state index in [4.69, 9.17) is 0 Å². The number of carbonyl (C=O) groups is 1. The Kier molecular flexibility index (Phi) is 18.3. The van der Waals surface area contributed by atoms with E-state index in [9.17, 15) is 9.18 Å². The molecule has 0 heterocycles. The number of halogens is 1. The van der Waals surface area contributed by atoms with E-state index in [-0.39, 0.29) is 17.4 Å². The van der Waals surface area contributed by atoms with Crippen molar-refractivity contribution in [1.82, 2.24) is 0 Å². The molecule has 0 aromatic heterocycles. The third kappa shape index (κ3) is 16.9. The molecule has 0 spiro atoms. The summed E-state index contributed by atoms with van der Waals surface area (Å²) in [7, 11) is 0. The van der Waals surface area contributed by atoms with Crippen LogP contribution in [-0.4, -0.2) is 5.91 Å². The number of amides is 1. The molecule has 0 atom stereocenters. The van der Waals surface area contributed by atoms with Crippen LogP contribution < -0.4 is 5.32 Å². The number of para-hydroxylation sites is 1. The van der Waals surface area contributed by atoms with Gasteiger partial charge in [0.15, 0.2) is 0 Å². The molecule has 0 saturated heterocycles. The first-order valence-corrected chi connectivity index (χ1v) is 13.3. The number of benzene rings is 1. The summed E-state index contributed by atoms with van der Waals surface area (Å²) >= 11 is 0. The Bertz CT molecular complexity index is 546. The van der Waals surface area contributed by atoms with Gasteiger partial charge in [-0.3, -0.25) is 4.79 Å². The zero-order chi connectivity index (χ0) is 22.4. The van der Waals surface area contributed by atoms with E-state index < -0.39 is 0 Å². The van der Waals surface area contributed by atoms with Crippen LogP contribution in [0.15, 0.2) is 24.3 Å². The molecule has 1 N–H and O–H groups in total. The maximum atomic E-state index is 13.5. The highest BCUT2D eigenvalue weighted by Gasteiger charge is 2.05. The van der Waals surface area contributed by atoms with E-state index in [1.54, 1.807) is 18.2 Å². The van der Waals surface area contributed by atoms with E-state index in [0.29, 0.717) is 6.42 Å². The van der Waals surface area contributed by atoms with Crippen molar-refractivity contribution in [1.29, 1.82) is 0 Å². The van der Waals surface area contributed by atoms with Crippen LogP contribution in [0.4, 0.5) is 10.1 Å². The molecule has 3 heteroatoms. The van der Waals surface area contributed by atoms with E-state index in [1.807, 2.05) is 0 Å². The third-order valence-electron chi connectivity index (χ3n) is 6.16. The van der Waals surface area contributed by atoms with Crippen molar-refractivity contribution in [3.05, 3.63) is 30.1 Å². The zero-order valence-electron chi connectivity index (χ0n) is 20.2. The van der Waals surface area contributed by atoms with Gasteiger partial charge < -0.3 is 5.32 Å². The quantitative estimate of drug-likeness (QED) is 0.192. The van der Waals surface area contributed by atoms with Crippen LogP contribution in [0.5, 0.6) is 0 Å². The second-order valence-corrected chi connectivity index (χ2v) is 9.14. The van der Waals surface area contributed by atoms with Gasteiger partial charge in [-0.1, -0.05) is 135 Å². The van der Waals surface area contributed by atoms with E-state index in [2.05, 4.69) is 12.2 Å². The molecule has 0 bridgehead atoms. The van der Waals surface area contributed by atoms with Gasteiger partial charge >= 0.3 is 0 Å². The largest absolute Gasteiger partial charge is 0.324 e. The fourth-order valence-corrected chi connectivity index (χ4v) is 4.14. The van der Waals surface area contributed by atoms with Gasteiger partial charge in [-0.25, -0.2) is 4.39 Å². The Morgan fingerprint density at radius 2 is 1.03 bits per heavy atom. The highest BCUT2D eigenvalue weighted by Crippen LogP contribution is 2.16. The maximum absolute atomic E-state index is 13.5. The summed E-state index contributed by atoms with van der Waals surface area (Å²) in [5.74, 6) is -0.457. The lowest BCUT2D eigenvalue weighted by molar-refractivity contribution is -0.116. The van der Waals surface area contributed by atoms with Crippen molar-refractivity contribution >= 4 is 11.6 Å². The molecule has 2 nitrogen and oxygen atoms in total. The topological polar surface area (TPSA) is 29.1 Å². The Balaban J connectivity index is 1.76. The summed E-state index contributed by atoms with van der Waals surface area (Å²) in [5, 5.41) is 2.66. The van der Waals surface area contributed by atoms with Gasteiger partial charge in [0.1, 0.15) is 5.82 Å². The van der Waals surface area contributed by atoms with Crippen LogP contribution in [-0.2, 0) is 4.79 Å². The molecular formula is C28H48FNO. The minimum Gasteiger partial charge on any atom is -0.324 e. The van der Waals surface area contributed by atoms with Crippen molar-refractivity contribution in [2.24, 2.45) is 0 Å². The summed E-state index contributed by atoms with van der Waals surface area (Å²) in [6, 6.07) is 6.33. The number of carbonyl (C=O) groups excluding carboxylic acids is 1. The van der Waals surface area contributed by atoms with Crippen molar-refractivity contribution in [2.75, 3.05) is 5.32 Å². The number of anilines is 1. The minimum atomic E-state index is -0.371. The smallest absolute Gasteiger partial charge is 0.224 e. The van der Waals surface area contributed by atoms with Gasteiger partial charge in [-0.2, -0.15) is 0 Å². The highest BCUT2D eigenvalue weighted by molar-refractivity contribution is 5.90. The lowest BCUT2D eigenvalue weighted by Crippen LogP contribution is -2.12. The average Bonchev–Trinajstić information content (AvgIpc) is 2.77. The van der Waals surface area contributed by atoms with Crippen LogP contribution in [0.2, 0.25) is 0 Å². The molecule has 0 radical (unpaired) electrons. The fraction of sp³-hybridized carbons (Fsp3) is 0.750. The van der Waals surface area contributed by atoms with Crippen molar-refractivity contribution < 1.29 is 9.18 Å². The first-order valence-electron chi connectivity index (χ1n) is 13.3. The first kappa shape index (κ1) is 27.7. The van der Waals surface area contributed by atoms with Gasteiger partial charge in [0.05, 0.1) is 5.69 Å². The van der Waals surface area contributed by atoms with Crippen molar-refractivity contribution in [2.45, 2.75) is 135 Å². The average molecular weight is 434 g/mol. The van der Waals surface area contributed by atoms with Gasteiger partial charge in [0, 0.05) is 6.42 Å². The third-order valence-corrected chi connectivity index (χ3v) is 6.16. The number of nitrogens with one attached hydrogen (secondary N) is 1. The van der Waals surface area contributed by atoms with Gasteiger partial charge in [-0.15, -0.1) is 0 Å². The van der Waals surface area contributed by atoms with Gasteiger partial charge in [0.2, 0.25) is 5.91 Å². The molecule has 1 aromatic rings. The Morgan fingerprint density at radius 3 is 1.45 bits per heavy atom. The summed E-state index contributed by atoms with van der Waals surface area (Å²) < 4.78 is 13.5. The molecule has 0 unspecified atom stereocenters. The molecule has 1 aromatic carbocycles. The van der Waals surface area contributed by atoms with Gasteiger partial charge in [-0.05, 0) is 18.6 Å². The molecule has 31 heavy (non-hydrogen) atoms. The molecule has 1 rings (SSSR count). The Morgan fingerprint density at radius 1 is 0.645 bits per heavy atom. The number of unbranched alkanes of at least 4 members (excludes halogenated alkanes) is 18. The standard InChI is InChI=1S/C28H48FNO/c1-2-3-4-5-6-7-8-9-10-11-12-13-14-15-16-17-18-19-20-25-28(31)30-27-24-22-21-23-26(27)29/h21-24H,2-20,25H2,1H3,(H,30,31). The minimum absolute atomic E-state index is 0.0860. The van der Waals surface area contributed by atoms with Crippen LogP contribution in [0.1, 0.15) is 135 Å². The lowest BCUT2D eigenvalue weighted by Gasteiger charge is -2.06. The molecule has 178 valence electrons. The second-order valence-electron chi connectivity index (χ2n) is 9.14. The number of hydrogen-bond acceptors (Lipinski definition) is 1. The predicted octanol–water partition coefficient (Wildman–Crippen LogP) is 9.59. The monoisotopic (exact) mass is 433 g/mol. The van der Waals surface area contributed by atoms with Crippen molar-refractivity contribution in [3.8, 4) is 0 Å². The molecule has 0 saturated carbocycles. The summed E-state index contributed by atoms with van der Waals surface area (Å²) in [4.78, 5) is 11.9. The number of hydrogen-bond donors (Lipinski definition) is 1. The zero-order valence-corrected chi connectivity index (χ0v) is 20.2. The van der Waals surface area contributed by atoms with E-state index >= 15 is 0 Å². The van der Waals surface area contributed by atoms with E-state index in [0.717, 1.165) is 12.8 Å². The summed E-state index contributed by atoms with van der Waals surface area (Å²) in [5.41, 5.74) is 0.283. The van der Waals surface area contributed by atoms with Crippen molar-refractivity contribution in [3.63, 3.8) is 0 Å². The van der Waals surface area contributed by atoms with Crippen LogP contribution >= 0.6 is 0 Å². The van der Waals surface area contributed by atoms with Crippen LogP contribution in [0, 0.1) is 5.82 Å². The molecule has 0 aliphatic heterocycles. The van der Waals surface area contributed by atoms with E-state index in [1.165, 1.54) is 115 Å². The number of rotatable bonds is 21. The fourth-order valence-electron chi connectivity index (χ4n) is 4.14. The Hall–Kier alpha value is -1.38. The lowest BCUT2D eigenvalue weighted by atomic mass is 10.0. The second kappa shape index (κ2) is 20.5. The van der Waals surface area contributed by atoms with Crippen LogP contribution in [0.25, 0.3) is 0 Å². The predicted molar refractivity (Wildman–Crippen MR) is 133 cm³/mol. The highest BCUT2D eigenvalue weighted by atomic mass is 19.1. The summed E-state index contributed by atoms with van der Waals surface area (Å²) in [6.07, 6.45) is 26.0. The molecule has 0 aliphatic carbocycles. The molecule has 0 aliphatic rings. The van der Waals surface area contributed by atoms with Gasteiger partial charge in [0.25, 0.3) is 0 Å². The molecular weight excluding hydrogens is 385 g/mol.